The largest absolute Gasteiger partial charge is 0.349 e. The lowest BCUT2D eigenvalue weighted by atomic mass is 9.93. The van der Waals surface area contributed by atoms with E-state index in [1.165, 1.54) is 30.4 Å². The zero-order valence-electron chi connectivity index (χ0n) is 11.4. The summed E-state index contributed by atoms with van der Waals surface area (Å²) in [6, 6.07) is 6.49. The number of carbonyl (C=O) groups excluding carboxylic acids is 1. The van der Waals surface area contributed by atoms with Crippen molar-refractivity contribution in [3.05, 3.63) is 34.9 Å². The lowest BCUT2D eigenvalue weighted by Crippen LogP contribution is -2.37. The smallest absolute Gasteiger partial charge is 0.251 e. The van der Waals surface area contributed by atoms with Gasteiger partial charge < -0.3 is 10.6 Å². The van der Waals surface area contributed by atoms with E-state index < -0.39 is 0 Å². The molecule has 1 aliphatic carbocycles. The van der Waals surface area contributed by atoms with E-state index in [0.717, 1.165) is 37.9 Å². The van der Waals surface area contributed by atoms with Crippen molar-refractivity contribution >= 4 is 5.91 Å². The number of carbonyl (C=O) groups is 1. The molecule has 0 bridgehead atoms. The van der Waals surface area contributed by atoms with Crippen LogP contribution >= 0.6 is 0 Å². The first-order chi connectivity index (χ1) is 9.34. The van der Waals surface area contributed by atoms with Crippen LogP contribution in [0.2, 0.25) is 0 Å². The molecule has 0 saturated heterocycles. The van der Waals surface area contributed by atoms with Crippen LogP contribution in [0.5, 0.6) is 0 Å². The van der Waals surface area contributed by atoms with Crippen molar-refractivity contribution < 1.29 is 4.79 Å². The SMILES string of the molecule is O=C(NC1CCCCC1)c1cccc2c1CCNC2. The second-order valence-corrected chi connectivity index (χ2v) is 5.68. The Morgan fingerprint density at radius 3 is 2.89 bits per heavy atom. The molecule has 0 unspecified atom stereocenters. The van der Waals surface area contributed by atoms with E-state index >= 15 is 0 Å². The van der Waals surface area contributed by atoms with Crippen molar-refractivity contribution in [3.8, 4) is 0 Å². The van der Waals surface area contributed by atoms with Crippen LogP contribution in [0.25, 0.3) is 0 Å². The maximum atomic E-state index is 12.5. The molecule has 0 atom stereocenters. The molecular weight excluding hydrogens is 236 g/mol. The van der Waals surface area contributed by atoms with Crippen molar-refractivity contribution in [1.82, 2.24) is 10.6 Å². The number of hydrogen-bond donors (Lipinski definition) is 2. The zero-order valence-corrected chi connectivity index (χ0v) is 11.4. The van der Waals surface area contributed by atoms with Crippen molar-refractivity contribution in [2.75, 3.05) is 6.54 Å². The first-order valence-corrected chi connectivity index (χ1v) is 7.47. The second-order valence-electron chi connectivity index (χ2n) is 5.68. The summed E-state index contributed by atoms with van der Waals surface area (Å²) in [5.74, 6) is 0.130. The summed E-state index contributed by atoms with van der Waals surface area (Å²) < 4.78 is 0. The van der Waals surface area contributed by atoms with Gasteiger partial charge in [0.25, 0.3) is 5.91 Å². The van der Waals surface area contributed by atoms with Gasteiger partial charge in [-0.1, -0.05) is 31.4 Å². The van der Waals surface area contributed by atoms with E-state index in [0.29, 0.717) is 6.04 Å². The van der Waals surface area contributed by atoms with Crippen LogP contribution in [-0.2, 0) is 13.0 Å². The van der Waals surface area contributed by atoms with Crippen LogP contribution < -0.4 is 10.6 Å². The Morgan fingerprint density at radius 2 is 2.05 bits per heavy atom. The third kappa shape index (κ3) is 2.81. The van der Waals surface area contributed by atoms with Crippen molar-refractivity contribution in [1.29, 1.82) is 0 Å². The van der Waals surface area contributed by atoms with E-state index in [9.17, 15) is 4.79 Å². The summed E-state index contributed by atoms with van der Waals surface area (Å²) in [6.07, 6.45) is 7.07. The molecule has 19 heavy (non-hydrogen) atoms. The average molecular weight is 258 g/mol. The van der Waals surface area contributed by atoms with Gasteiger partial charge in [0.15, 0.2) is 0 Å². The highest BCUT2D eigenvalue weighted by Gasteiger charge is 2.20. The summed E-state index contributed by atoms with van der Waals surface area (Å²) in [7, 11) is 0. The van der Waals surface area contributed by atoms with Gasteiger partial charge in [-0.05, 0) is 43.0 Å². The van der Waals surface area contributed by atoms with Crippen molar-refractivity contribution in [3.63, 3.8) is 0 Å². The topological polar surface area (TPSA) is 41.1 Å². The maximum absolute atomic E-state index is 12.5. The normalized spacial score (nSPS) is 19.8. The van der Waals surface area contributed by atoms with Gasteiger partial charge in [0, 0.05) is 18.2 Å². The standard InChI is InChI=1S/C16H22N2O/c19-16(18-13-6-2-1-3-7-13)15-8-4-5-12-11-17-10-9-14(12)15/h4-5,8,13,17H,1-3,6-7,9-11H2,(H,18,19). The van der Waals surface area contributed by atoms with Crippen LogP contribution in [0.15, 0.2) is 18.2 Å². The molecule has 2 aliphatic rings. The van der Waals surface area contributed by atoms with Gasteiger partial charge in [0.1, 0.15) is 0 Å². The first kappa shape index (κ1) is 12.7. The Labute approximate surface area is 114 Å². The predicted molar refractivity (Wildman–Crippen MR) is 76.2 cm³/mol. The zero-order chi connectivity index (χ0) is 13.1. The molecule has 0 spiro atoms. The van der Waals surface area contributed by atoms with Crippen LogP contribution in [0.4, 0.5) is 0 Å². The van der Waals surface area contributed by atoms with Crippen molar-refractivity contribution in [2.45, 2.75) is 51.1 Å². The molecular formula is C16H22N2O. The van der Waals surface area contributed by atoms with Gasteiger partial charge >= 0.3 is 0 Å². The fourth-order valence-electron chi connectivity index (χ4n) is 3.25. The lowest BCUT2D eigenvalue weighted by molar-refractivity contribution is 0.0926. The third-order valence-electron chi connectivity index (χ3n) is 4.33. The molecule has 102 valence electrons. The fourth-order valence-corrected chi connectivity index (χ4v) is 3.25. The summed E-state index contributed by atoms with van der Waals surface area (Å²) in [6.45, 7) is 1.86. The highest BCUT2D eigenvalue weighted by molar-refractivity contribution is 5.96. The monoisotopic (exact) mass is 258 g/mol. The second kappa shape index (κ2) is 5.74. The molecule has 1 fully saturated rings. The molecule has 0 aromatic heterocycles. The molecule has 1 saturated carbocycles. The molecule has 1 amide bonds. The van der Waals surface area contributed by atoms with E-state index in [2.05, 4.69) is 16.7 Å². The average Bonchev–Trinajstić information content (AvgIpc) is 2.47. The van der Waals surface area contributed by atoms with E-state index in [4.69, 9.17) is 0 Å². The molecule has 1 heterocycles. The molecule has 1 aromatic carbocycles. The molecule has 0 radical (unpaired) electrons. The van der Waals surface area contributed by atoms with Crippen LogP contribution in [-0.4, -0.2) is 18.5 Å². The van der Waals surface area contributed by atoms with Crippen LogP contribution in [0.1, 0.15) is 53.6 Å². The molecule has 1 aromatic rings. The third-order valence-corrected chi connectivity index (χ3v) is 4.33. The molecule has 2 N–H and O–H groups in total. The van der Waals surface area contributed by atoms with Gasteiger partial charge in [-0.2, -0.15) is 0 Å². The Balaban J connectivity index is 1.75. The van der Waals surface area contributed by atoms with Gasteiger partial charge in [0.05, 0.1) is 0 Å². The molecule has 3 rings (SSSR count). The van der Waals surface area contributed by atoms with Gasteiger partial charge in [-0.25, -0.2) is 0 Å². The van der Waals surface area contributed by atoms with E-state index in [-0.39, 0.29) is 5.91 Å². The number of fused-ring (bicyclic) bond motifs is 1. The Bertz CT molecular complexity index is 464. The first-order valence-electron chi connectivity index (χ1n) is 7.47. The Hall–Kier alpha value is -1.35. The van der Waals surface area contributed by atoms with Gasteiger partial charge in [-0.15, -0.1) is 0 Å². The highest BCUT2D eigenvalue weighted by Crippen LogP contribution is 2.21. The highest BCUT2D eigenvalue weighted by atomic mass is 16.1. The number of amides is 1. The number of hydrogen-bond acceptors (Lipinski definition) is 2. The summed E-state index contributed by atoms with van der Waals surface area (Å²) in [5, 5.41) is 6.58. The summed E-state index contributed by atoms with van der Waals surface area (Å²) in [4.78, 5) is 12.5. The molecule has 3 heteroatoms. The van der Waals surface area contributed by atoms with Crippen LogP contribution in [0, 0.1) is 0 Å². The number of nitrogens with one attached hydrogen (secondary N) is 2. The Kier molecular flexibility index (Phi) is 3.83. The van der Waals surface area contributed by atoms with Crippen molar-refractivity contribution in [2.24, 2.45) is 0 Å². The molecule has 3 nitrogen and oxygen atoms in total. The molecule has 1 aliphatic heterocycles. The summed E-state index contributed by atoms with van der Waals surface area (Å²) >= 11 is 0. The number of rotatable bonds is 2. The predicted octanol–water partition coefficient (Wildman–Crippen LogP) is 2.39. The minimum Gasteiger partial charge on any atom is -0.349 e. The number of benzene rings is 1. The maximum Gasteiger partial charge on any atom is 0.251 e. The quantitative estimate of drug-likeness (QED) is 0.855. The minimum atomic E-state index is 0.130. The summed E-state index contributed by atoms with van der Waals surface area (Å²) in [5.41, 5.74) is 3.42. The lowest BCUT2D eigenvalue weighted by Gasteiger charge is -2.25. The minimum absolute atomic E-state index is 0.130. The van der Waals surface area contributed by atoms with E-state index in [1.54, 1.807) is 0 Å². The van der Waals surface area contributed by atoms with Gasteiger partial charge in [-0.3, -0.25) is 4.79 Å². The van der Waals surface area contributed by atoms with Gasteiger partial charge in [0.2, 0.25) is 0 Å². The fraction of sp³-hybridized carbons (Fsp3) is 0.562. The van der Waals surface area contributed by atoms with E-state index in [1.807, 2.05) is 12.1 Å². The van der Waals surface area contributed by atoms with Crippen LogP contribution in [0.3, 0.4) is 0 Å². The Morgan fingerprint density at radius 1 is 1.21 bits per heavy atom.